The largest absolute Gasteiger partial charge is 0.297 e. The van der Waals surface area contributed by atoms with Gasteiger partial charge in [0.15, 0.2) is 5.13 Å². The van der Waals surface area contributed by atoms with E-state index in [-0.39, 0.29) is 11.8 Å². The molecule has 2 aromatic heterocycles. The number of carbonyl (C=O) groups excluding carboxylic acids is 2. The highest BCUT2D eigenvalue weighted by Gasteiger charge is 2.23. The maximum atomic E-state index is 12.2. The molecule has 0 radical (unpaired) electrons. The summed E-state index contributed by atoms with van der Waals surface area (Å²) >= 11 is 1.37. The Morgan fingerprint density at radius 3 is 2.87 bits per heavy atom. The highest BCUT2D eigenvalue weighted by Crippen LogP contribution is 2.31. The molecule has 0 bridgehead atoms. The molecule has 0 saturated heterocycles. The number of rotatable bonds is 3. The third-order valence-corrected chi connectivity index (χ3v) is 4.48. The van der Waals surface area contributed by atoms with Crippen LogP contribution in [-0.2, 0) is 9.59 Å². The molecule has 2 amide bonds. The Kier molecular flexibility index (Phi) is 4.16. The van der Waals surface area contributed by atoms with Crippen LogP contribution in [-0.4, -0.2) is 39.6 Å². The minimum absolute atomic E-state index is 0.0934. The second kappa shape index (κ2) is 6.25. The van der Waals surface area contributed by atoms with Crippen molar-refractivity contribution in [2.24, 2.45) is 5.10 Å². The van der Waals surface area contributed by atoms with Crippen LogP contribution in [0.5, 0.6) is 0 Å². The van der Waals surface area contributed by atoms with Gasteiger partial charge in [0.1, 0.15) is 5.71 Å². The van der Waals surface area contributed by atoms with Crippen LogP contribution in [0.2, 0.25) is 0 Å². The van der Waals surface area contributed by atoms with Crippen LogP contribution in [0.1, 0.15) is 18.5 Å². The number of nitrogens with one attached hydrogen (secondary N) is 1. The van der Waals surface area contributed by atoms with Crippen LogP contribution < -0.4 is 5.32 Å². The number of hydrazone groups is 1. The zero-order chi connectivity index (χ0) is 16.4. The van der Waals surface area contributed by atoms with Gasteiger partial charge in [-0.3, -0.25) is 19.9 Å². The minimum atomic E-state index is -0.328. The van der Waals surface area contributed by atoms with E-state index >= 15 is 0 Å². The van der Waals surface area contributed by atoms with Gasteiger partial charge in [-0.25, -0.2) is 9.99 Å². The summed E-state index contributed by atoms with van der Waals surface area (Å²) in [5, 5.41) is 8.44. The maximum absolute atomic E-state index is 12.2. The lowest BCUT2D eigenvalue weighted by molar-refractivity contribution is -0.130. The number of thiazole rings is 1. The first-order valence-electron chi connectivity index (χ1n) is 7.09. The molecule has 2 aromatic rings. The third-order valence-electron chi connectivity index (χ3n) is 3.38. The molecule has 23 heavy (non-hydrogen) atoms. The standard InChI is InChI=1S/C15H15N5O2S/c1-9-13(10-5-3-4-8-16-10)23-15(17-9)18-14(22)11-6-7-12(21)20(2)19-11/h3-5,8H,6-7H2,1-2H3,(H,17,18,22). The van der Waals surface area contributed by atoms with Gasteiger partial charge in [0.05, 0.1) is 16.3 Å². The molecule has 0 fully saturated rings. The van der Waals surface area contributed by atoms with Gasteiger partial charge in [0.2, 0.25) is 5.91 Å². The summed E-state index contributed by atoms with van der Waals surface area (Å²) < 4.78 is 0. The first kappa shape index (κ1) is 15.3. The number of aryl methyl sites for hydroxylation is 1. The molecule has 8 heteroatoms. The molecule has 0 atom stereocenters. The van der Waals surface area contributed by atoms with E-state index < -0.39 is 0 Å². The van der Waals surface area contributed by atoms with Gasteiger partial charge in [-0.05, 0) is 19.1 Å². The fourth-order valence-corrected chi connectivity index (χ4v) is 3.13. The molecule has 0 unspecified atom stereocenters. The van der Waals surface area contributed by atoms with E-state index in [1.807, 2.05) is 25.1 Å². The van der Waals surface area contributed by atoms with E-state index in [0.29, 0.717) is 23.7 Å². The molecule has 1 aliphatic rings. The van der Waals surface area contributed by atoms with Crippen LogP contribution >= 0.6 is 11.3 Å². The van der Waals surface area contributed by atoms with Crippen molar-refractivity contribution in [2.75, 3.05) is 12.4 Å². The van der Waals surface area contributed by atoms with Crippen molar-refractivity contribution in [3.8, 4) is 10.6 Å². The Hall–Kier alpha value is -2.61. The van der Waals surface area contributed by atoms with E-state index in [4.69, 9.17) is 0 Å². The smallest absolute Gasteiger partial charge is 0.273 e. The highest BCUT2D eigenvalue weighted by atomic mass is 32.1. The summed E-state index contributed by atoms with van der Waals surface area (Å²) in [6.45, 7) is 1.88. The Labute approximate surface area is 137 Å². The lowest BCUT2D eigenvalue weighted by atomic mass is 10.1. The lowest BCUT2D eigenvalue weighted by Gasteiger charge is -2.18. The zero-order valence-electron chi connectivity index (χ0n) is 12.7. The molecule has 0 aliphatic carbocycles. The minimum Gasteiger partial charge on any atom is -0.297 e. The third kappa shape index (κ3) is 3.26. The van der Waals surface area contributed by atoms with Gasteiger partial charge in [-0.15, -0.1) is 0 Å². The molecular formula is C15H15N5O2S. The number of amides is 2. The second-order valence-corrected chi connectivity index (χ2v) is 6.07. The van der Waals surface area contributed by atoms with Crippen molar-refractivity contribution in [2.45, 2.75) is 19.8 Å². The van der Waals surface area contributed by atoms with Crippen LogP contribution in [0.3, 0.4) is 0 Å². The summed E-state index contributed by atoms with van der Waals surface area (Å²) in [4.78, 5) is 33.2. The number of carbonyl (C=O) groups is 2. The van der Waals surface area contributed by atoms with Crippen molar-refractivity contribution < 1.29 is 9.59 Å². The average Bonchev–Trinajstić information content (AvgIpc) is 2.91. The van der Waals surface area contributed by atoms with Gasteiger partial charge in [-0.1, -0.05) is 17.4 Å². The van der Waals surface area contributed by atoms with Gasteiger partial charge >= 0.3 is 0 Å². The van der Waals surface area contributed by atoms with Crippen molar-refractivity contribution in [3.63, 3.8) is 0 Å². The van der Waals surface area contributed by atoms with E-state index in [2.05, 4.69) is 20.4 Å². The van der Waals surface area contributed by atoms with Crippen LogP contribution in [0.25, 0.3) is 10.6 Å². The van der Waals surface area contributed by atoms with Crippen molar-refractivity contribution in [1.29, 1.82) is 0 Å². The maximum Gasteiger partial charge on any atom is 0.273 e. The Morgan fingerprint density at radius 2 is 2.17 bits per heavy atom. The first-order valence-corrected chi connectivity index (χ1v) is 7.90. The summed E-state index contributed by atoms with van der Waals surface area (Å²) in [5.41, 5.74) is 1.96. The van der Waals surface area contributed by atoms with Crippen LogP contribution in [0.15, 0.2) is 29.5 Å². The number of pyridine rings is 1. The van der Waals surface area contributed by atoms with Crippen molar-refractivity contribution >= 4 is 34.0 Å². The quantitative estimate of drug-likeness (QED) is 0.933. The van der Waals surface area contributed by atoms with Gasteiger partial charge in [0, 0.05) is 26.1 Å². The Morgan fingerprint density at radius 1 is 1.35 bits per heavy atom. The molecule has 0 spiro atoms. The molecular weight excluding hydrogens is 314 g/mol. The number of anilines is 1. The number of nitrogens with zero attached hydrogens (tertiary/aromatic N) is 4. The van der Waals surface area contributed by atoms with Gasteiger partial charge in [0.25, 0.3) is 5.91 Å². The fraction of sp³-hybridized carbons (Fsp3) is 0.267. The fourth-order valence-electron chi connectivity index (χ4n) is 2.19. The average molecular weight is 329 g/mol. The molecule has 1 N–H and O–H groups in total. The van der Waals surface area contributed by atoms with Gasteiger partial charge < -0.3 is 0 Å². The Bertz CT molecular complexity index is 784. The Balaban J connectivity index is 1.78. The molecule has 3 heterocycles. The predicted molar refractivity (Wildman–Crippen MR) is 88.2 cm³/mol. The molecule has 7 nitrogen and oxygen atoms in total. The first-order chi connectivity index (χ1) is 11.0. The second-order valence-electron chi connectivity index (χ2n) is 5.07. The summed E-state index contributed by atoms with van der Waals surface area (Å²) in [5.74, 6) is -0.422. The molecule has 1 aliphatic heterocycles. The SMILES string of the molecule is Cc1nc(NC(=O)C2=NN(C)C(=O)CC2)sc1-c1ccccn1. The van der Waals surface area contributed by atoms with Gasteiger partial charge in [-0.2, -0.15) is 5.10 Å². The molecule has 0 saturated carbocycles. The topological polar surface area (TPSA) is 87.5 Å². The van der Waals surface area contributed by atoms with E-state index in [1.54, 1.807) is 13.2 Å². The normalized spacial score (nSPS) is 14.6. The van der Waals surface area contributed by atoms with E-state index in [0.717, 1.165) is 16.3 Å². The summed E-state index contributed by atoms with van der Waals surface area (Å²) in [6, 6.07) is 5.66. The number of hydrogen-bond donors (Lipinski definition) is 1. The number of aromatic nitrogens is 2. The zero-order valence-corrected chi connectivity index (χ0v) is 13.6. The van der Waals surface area contributed by atoms with Crippen molar-refractivity contribution in [1.82, 2.24) is 15.0 Å². The van der Waals surface area contributed by atoms with E-state index in [1.165, 1.54) is 16.3 Å². The monoisotopic (exact) mass is 329 g/mol. The van der Waals surface area contributed by atoms with Crippen LogP contribution in [0.4, 0.5) is 5.13 Å². The molecule has 3 rings (SSSR count). The summed E-state index contributed by atoms with van der Waals surface area (Å²) in [6.07, 6.45) is 2.35. The summed E-state index contributed by atoms with van der Waals surface area (Å²) in [7, 11) is 1.54. The molecule has 118 valence electrons. The highest BCUT2D eigenvalue weighted by molar-refractivity contribution is 7.19. The van der Waals surface area contributed by atoms with E-state index in [9.17, 15) is 9.59 Å². The lowest BCUT2D eigenvalue weighted by Crippen LogP contribution is -2.34. The number of hydrogen-bond acceptors (Lipinski definition) is 6. The predicted octanol–water partition coefficient (Wildman–Crippen LogP) is 2.06. The van der Waals surface area contributed by atoms with Crippen molar-refractivity contribution in [3.05, 3.63) is 30.1 Å². The van der Waals surface area contributed by atoms with Crippen LogP contribution in [0, 0.1) is 6.92 Å². The molecule has 0 aromatic carbocycles.